The maximum Gasteiger partial charge on any atom is 0.246 e. The van der Waals surface area contributed by atoms with Crippen LogP contribution in [0.3, 0.4) is 0 Å². The summed E-state index contributed by atoms with van der Waals surface area (Å²) in [6.45, 7) is 4.01. The summed E-state index contributed by atoms with van der Waals surface area (Å²) in [6.07, 6.45) is 2.94. The lowest BCUT2D eigenvalue weighted by atomic mass is 9.69. The van der Waals surface area contributed by atoms with E-state index in [2.05, 4.69) is 11.9 Å². The first-order chi connectivity index (χ1) is 6.63. The van der Waals surface area contributed by atoms with E-state index in [1.165, 1.54) is 6.08 Å². The fourth-order valence-corrected chi connectivity index (χ4v) is 2.54. The Morgan fingerprint density at radius 2 is 2.21 bits per heavy atom. The van der Waals surface area contributed by atoms with Crippen LogP contribution < -0.4 is 5.32 Å². The van der Waals surface area contributed by atoms with E-state index in [4.69, 9.17) is 0 Å². The van der Waals surface area contributed by atoms with Crippen LogP contribution in [-0.2, 0) is 9.59 Å². The Bertz CT molecular complexity index is 305. The van der Waals surface area contributed by atoms with Gasteiger partial charge in [-0.2, -0.15) is 0 Å². The highest BCUT2D eigenvalue weighted by molar-refractivity contribution is 5.91. The average molecular weight is 194 g/mol. The van der Waals surface area contributed by atoms with Crippen LogP contribution in [0.4, 0.5) is 0 Å². The lowest BCUT2D eigenvalue weighted by Gasteiger charge is -2.34. The number of hydrogen-bond acceptors (Lipinski definition) is 2. The third-order valence-corrected chi connectivity index (χ3v) is 3.33. The average Bonchev–Trinajstić information content (AvgIpc) is 2.69. The second-order valence-corrected chi connectivity index (χ2v) is 4.09. The van der Waals surface area contributed by atoms with Gasteiger partial charge in [-0.1, -0.05) is 6.58 Å². The van der Waals surface area contributed by atoms with Crippen molar-refractivity contribution in [2.45, 2.75) is 18.9 Å². The van der Waals surface area contributed by atoms with Crippen molar-refractivity contribution < 1.29 is 9.59 Å². The molecular weight excluding hydrogens is 180 g/mol. The molecule has 4 nitrogen and oxygen atoms in total. The van der Waals surface area contributed by atoms with Gasteiger partial charge < -0.3 is 10.2 Å². The summed E-state index contributed by atoms with van der Waals surface area (Å²) in [6, 6.07) is 0.262. The Labute approximate surface area is 83.0 Å². The molecule has 0 aromatic carbocycles. The minimum absolute atomic E-state index is 0.0571. The Kier molecular flexibility index (Phi) is 1.87. The van der Waals surface area contributed by atoms with Gasteiger partial charge in [-0.25, -0.2) is 0 Å². The van der Waals surface area contributed by atoms with Gasteiger partial charge in [0.15, 0.2) is 0 Å². The molecule has 3 fully saturated rings. The Morgan fingerprint density at radius 3 is 2.71 bits per heavy atom. The van der Waals surface area contributed by atoms with E-state index in [0.29, 0.717) is 6.54 Å². The van der Waals surface area contributed by atoms with Crippen LogP contribution in [0.1, 0.15) is 12.8 Å². The smallest absolute Gasteiger partial charge is 0.246 e. The van der Waals surface area contributed by atoms with Crippen LogP contribution in [0.15, 0.2) is 12.7 Å². The number of rotatable bonds is 2. The van der Waals surface area contributed by atoms with E-state index in [-0.39, 0.29) is 23.3 Å². The predicted octanol–water partition coefficient (Wildman–Crippen LogP) is -0.0906. The first-order valence-corrected chi connectivity index (χ1v) is 4.78. The zero-order valence-electron chi connectivity index (χ0n) is 8.25. The summed E-state index contributed by atoms with van der Waals surface area (Å²) in [7, 11) is 1.64. The molecule has 14 heavy (non-hydrogen) atoms. The lowest BCUT2D eigenvalue weighted by molar-refractivity contribution is -0.132. The predicted molar refractivity (Wildman–Crippen MR) is 51.4 cm³/mol. The van der Waals surface area contributed by atoms with Gasteiger partial charge in [0, 0.05) is 19.6 Å². The molecule has 2 saturated heterocycles. The molecular formula is C10H14N2O2. The highest BCUT2D eigenvalue weighted by Gasteiger charge is 2.60. The van der Waals surface area contributed by atoms with Gasteiger partial charge in [-0.15, -0.1) is 0 Å². The molecule has 1 saturated carbocycles. The third kappa shape index (κ3) is 0.997. The molecule has 1 N–H and O–H groups in total. The number of nitrogens with zero attached hydrogens (tertiary/aromatic N) is 1. The van der Waals surface area contributed by atoms with Crippen molar-refractivity contribution in [3.63, 3.8) is 0 Å². The number of nitrogens with one attached hydrogen (secondary N) is 1. The topological polar surface area (TPSA) is 49.4 Å². The van der Waals surface area contributed by atoms with E-state index < -0.39 is 0 Å². The quantitative estimate of drug-likeness (QED) is 0.624. The minimum atomic E-state index is -0.294. The number of fused-ring (bicyclic) bond motifs is 1. The van der Waals surface area contributed by atoms with E-state index in [9.17, 15) is 9.59 Å². The molecule has 2 bridgehead atoms. The van der Waals surface area contributed by atoms with Crippen LogP contribution in [0, 0.1) is 5.41 Å². The van der Waals surface area contributed by atoms with Crippen LogP contribution in [0.2, 0.25) is 0 Å². The largest absolute Gasteiger partial charge is 0.359 e. The summed E-state index contributed by atoms with van der Waals surface area (Å²) >= 11 is 0. The van der Waals surface area contributed by atoms with Gasteiger partial charge in [0.05, 0.1) is 5.41 Å². The number of carbonyl (C=O) groups is 2. The summed E-state index contributed by atoms with van der Waals surface area (Å²) in [5, 5.41) is 2.66. The van der Waals surface area contributed by atoms with Crippen LogP contribution >= 0.6 is 0 Å². The van der Waals surface area contributed by atoms with Gasteiger partial charge >= 0.3 is 0 Å². The Balaban J connectivity index is 2.10. The highest BCUT2D eigenvalue weighted by atomic mass is 16.2. The van der Waals surface area contributed by atoms with E-state index in [1.54, 1.807) is 11.9 Å². The molecule has 0 unspecified atom stereocenters. The zero-order chi connectivity index (χ0) is 10.3. The third-order valence-electron chi connectivity index (χ3n) is 3.33. The molecule has 2 heterocycles. The van der Waals surface area contributed by atoms with Crippen LogP contribution in [0.25, 0.3) is 0 Å². The molecule has 1 aliphatic carbocycles. The molecule has 2 amide bonds. The van der Waals surface area contributed by atoms with Gasteiger partial charge in [0.2, 0.25) is 11.8 Å². The first kappa shape index (κ1) is 9.24. The fourth-order valence-electron chi connectivity index (χ4n) is 2.54. The Morgan fingerprint density at radius 1 is 1.57 bits per heavy atom. The number of hydrogen-bond donors (Lipinski definition) is 1. The summed E-state index contributed by atoms with van der Waals surface area (Å²) in [4.78, 5) is 24.7. The molecule has 3 aliphatic rings. The van der Waals surface area contributed by atoms with Crippen molar-refractivity contribution in [1.29, 1.82) is 0 Å². The fraction of sp³-hybridized carbons (Fsp3) is 0.600. The monoisotopic (exact) mass is 194 g/mol. The second kappa shape index (κ2) is 2.83. The molecule has 0 radical (unpaired) electrons. The molecule has 3 rings (SSSR count). The van der Waals surface area contributed by atoms with Crippen molar-refractivity contribution in [3.05, 3.63) is 12.7 Å². The maximum atomic E-state index is 11.6. The molecule has 0 aromatic rings. The van der Waals surface area contributed by atoms with Gasteiger partial charge in [-0.05, 0) is 18.9 Å². The molecule has 0 aromatic heterocycles. The SMILES string of the molecule is C=CC(=O)N1CC2(C(=O)NC)CC1C2. The Hall–Kier alpha value is -1.32. The minimum Gasteiger partial charge on any atom is -0.359 e. The van der Waals surface area contributed by atoms with Gasteiger partial charge in [0.1, 0.15) is 0 Å². The molecule has 2 aliphatic heterocycles. The molecule has 0 atom stereocenters. The lowest BCUT2D eigenvalue weighted by Crippen LogP contribution is -2.46. The number of amides is 2. The van der Waals surface area contributed by atoms with Crippen molar-refractivity contribution in [3.8, 4) is 0 Å². The highest BCUT2D eigenvalue weighted by Crippen LogP contribution is 2.51. The van der Waals surface area contributed by atoms with Crippen molar-refractivity contribution in [2.75, 3.05) is 13.6 Å². The number of carbonyl (C=O) groups excluding carboxylic acids is 2. The van der Waals surface area contributed by atoms with Crippen molar-refractivity contribution in [2.24, 2.45) is 5.41 Å². The van der Waals surface area contributed by atoms with Gasteiger partial charge in [-0.3, -0.25) is 9.59 Å². The molecule has 4 heteroatoms. The summed E-state index contributed by atoms with van der Waals surface area (Å²) < 4.78 is 0. The molecule has 0 spiro atoms. The standard InChI is InChI=1S/C10H14N2O2/c1-3-8(13)12-6-10(9(14)11-2)4-7(12)5-10/h3,7H,1,4-6H2,2H3,(H,11,14). The zero-order valence-corrected chi connectivity index (χ0v) is 8.25. The van der Waals surface area contributed by atoms with Crippen LogP contribution in [0.5, 0.6) is 0 Å². The van der Waals surface area contributed by atoms with Crippen molar-refractivity contribution in [1.82, 2.24) is 10.2 Å². The maximum absolute atomic E-state index is 11.6. The van der Waals surface area contributed by atoms with E-state index in [1.807, 2.05) is 0 Å². The molecule has 76 valence electrons. The van der Waals surface area contributed by atoms with Gasteiger partial charge in [0.25, 0.3) is 0 Å². The summed E-state index contributed by atoms with van der Waals surface area (Å²) in [5.41, 5.74) is -0.294. The van der Waals surface area contributed by atoms with E-state index >= 15 is 0 Å². The van der Waals surface area contributed by atoms with E-state index in [0.717, 1.165) is 12.8 Å². The first-order valence-electron chi connectivity index (χ1n) is 4.78. The van der Waals surface area contributed by atoms with Crippen molar-refractivity contribution >= 4 is 11.8 Å². The second-order valence-electron chi connectivity index (χ2n) is 4.09. The van der Waals surface area contributed by atoms with Crippen LogP contribution in [-0.4, -0.2) is 36.3 Å². The normalized spacial score (nSPS) is 33.5. The summed E-state index contributed by atoms with van der Waals surface area (Å²) in [5.74, 6) is 0.00592.